The summed E-state index contributed by atoms with van der Waals surface area (Å²) < 4.78 is 14.3. The summed E-state index contributed by atoms with van der Waals surface area (Å²) in [5.74, 6) is 1.61. The van der Waals surface area contributed by atoms with Gasteiger partial charge >= 0.3 is 0 Å². The van der Waals surface area contributed by atoms with Crippen LogP contribution in [0.2, 0.25) is 0 Å². The fraction of sp³-hybridized carbons (Fsp3) is 0.619. The van der Waals surface area contributed by atoms with Gasteiger partial charge in [-0.25, -0.2) is 4.98 Å². The Morgan fingerprint density at radius 3 is 2.93 bits per heavy atom. The minimum Gasteiger partial charge on any atom is -0.357 e. The number of halogens is 1. The van der Waals surface area contributed by atoms with E-state index in [2.05, 4.69) is 41.1 Å². The number of aliphatic imine (C=N–C) groups is 1. The second-order valence-corrected chi connectivity index (χ2v) is 9.47. The molecule has 162 valence electrons. The molecule has 2 heterocycles. The molecule has 0 spiro atoms. The molecule has 0 aliphatic heterocycles. The minimum absolute atomic E-state index is 0. The van der Waals surface area contributed by atoms with E-state index in [-0.39, 0.29) is 24.0 Å². The number of rotatable bonds is 7. The molecule has 0 aromatic carbocycles. The molecule has 8 heteroatoms. The molecule has 2 aromatic rings. The Morgan fingerprint density at radius 2 is 2.21 bits per heavy atom. The first-order valence-corrected chi connectivity index (χ1v) is 11.8. The molecule has 0 amide bonds. The molecule has 3 rings (SSSR count). The predicted molar refractivity (Wildman–Crippen MR) is 133 cm³/mol. The zero-order chi connectivity index (χ0) is 19.9. The van der Waals surface area contributed by atoms with E-state index in [9.17, 15) is 4.21 Å². The maximum Gasteiger partial charge on any atom is 0.191 e. The Kier molecular flexibility index (Phi) is 9.88. The maximum absolute atomic E-state index is 12.2. The molecule has 1 fully saturated rings. The summed E-state index contributed by atoms with van der Waals surface area (Å²) in [6.45, 7) is 7.70. The number of pyridine rings is 1. The van der Waals surface area contributed by atoms with E-state index in [1.165, 1.54) is 5.56 Å². The van der Waals surface area contributed by atoms with E-state index in [0.29, 0.717) is 17.8 Å². The van der Waals surface area contributed by atoms with Crippen molar-refractivity contribution in [2.75, 3.05) is 18.8 Å². The first-order valence-electron chi connectivity index (χ1n) is 10.5. The third-order valence-electron chi connectivity index (χ3n) is 5.33. The van der Waals surface area contributed by atoms with Gasteiger partial charge in [0, 0.05) is 59.7 Å². The van der Waals surface area contributed by atoms with Gasteiger partial charge in [-0.1, -0.05) is 19.4 Å². The molecule has 0 radical (unpaired) electrons. The van der Waals surface area contributed by atoms with Crippen LogP contribution in [0.3, 0.4) is 0 Å². The number of hydrogen-bond donors (Lipinski definition) is 2. The van der Waals surface area contributed by atoms with Crippen molar-refractivity contribution in [3.8, 4) is 0 Å². The van der Waals surface area contributed by atoms with Gasteiger partial charge in [0.05, 0.1) is 5.69 Å². The molecule has 1 aliphatic carbocycles. The summed E-state index contributed by atoms with van der Waals surface area (Å²) in [6.07, 6.45) is 9.24. The monoisotopic (exact) mass is 531 g/mol. The molecule has 2 aromatic heterocycles. The lowest BCUT2D eigenvalue weighted by Crippen LogP contribution is -2.46. The van der Waals surface area contributed by atoms with Gasteiger partial charge in [-0.15, -0.1) is 24.0 Å². The summed E-state index contributed by atoms with van der Waals surface area (Å²) in [7, 11) is -0.704. The summed E-state index contributed by atoms with van der Waals surface area (Å²) >= 11 is 0. The van der Waals surface area contributed by atoms with Crippen LogP contribution < -0.4 is 10.6 Å². The summed E-state index contributed by atoms with van der Waals surface area (Å²) in [4.78, 5) is 9.48. The van der Waals surface area contributed by atoms with Gasteiger partial charge in [0.2, 0.25) is 0 Å². The van der Waals surface area contributed by atoms with Gasteiger partial charge in [-0.05, 0) is 44.7 Å². The number of aromatic nitrogens is 2. The SMILES string of the molecule is CCNC(=NCCc1cn2cccc(C)c2n1)NC1CCCC(S(=O)CC)C1.I. The van der Waals surface area contributed by atoms with Crippen LogP contribution in [0.5, 0.6) is 0 Å². The van der Waals surface area contributed by atoms with Crippen molar-refractivity contribution >= 4 is 46.4 Å². The van der Waals surface area contributed by atoms with Crippen molar-refractivity contribution in [2.45, 2.75) is 64.2 Å². The zero-order valence-electron chi connectivity index (χ0n) is 17.7. The number of fused-ring (bicyclic) bond motifs is 1. The van der Waals surface area contributed by atoms with Crippen LogP contribution in [0, 0.1) is 6.92 Å². The molecule has 1 aliphatic rings. The lowest BCUT2D eigenvalue weighted by Gasteiger charge is -2.30. The van der Waals surface area contributed by atoms with Crippen LogP contribution in [-0.2, 0) is 17.2 Å². The van der Waals surface area contributed by atoms with Crippen molar-refractivity contribution in [2.24, 2.45) is 4.99 Å². The van der Waals surface area contributed by atoms with Gasteiger partial charge in [0.1, 0.15) is 5.65 Å². The normalized spacial score (nSPS) is 20.9. The van der Waals surface area contributed by atoms with Gasteiger partial charge in [0.15, 0.2) is 5.96 Å². The van der Waals surface area contributed by atoms with Crippen molar-refractivity contribution in [3.05, 3.63) is 35.8 Å². The highest BCUT2D eigenvalue weighted by molar-refractivity contribution is 14.0. The number of nitrogens with one attached hydrogen (secondary N) is 2. The number of aryl methyl sites for hydroxylation is 1. The zero-order valence-corrected chi connectivity index (χ0v) is 20.8. The van der Waals surface area contributed by atoms with E-state index in [0.717, 1.165) is 61.7 Å². The van der Waals surface area contributed by atoms with E-state index >= 15 is 0 Å². The van der Waals surface area contributed by atoms with E-state index in [4.69, 9.17) is 9.98 Å². The summed E-state index contributed by atoms with van der Waals surface area (Å²) in [5.41, 5.74) is 3.26. The first kappa shape index (κ1) is 24.1. The first-order chi connectivity index (χ1) is 13.6. The summed E-state index contributed by atoms with van der Waals surface area (Å²) in [5, 5.41) is 7.23. The molecule has 2 N–H and O–H groups in total. The van der Waals surface area contributed by atoms with Crippen molar-refractivity contribution in [3.63, 3.8) is 0 Å². The Balaban J connectivity index is 0.00000300. The van der Waals surface area contributed by atoms with E-state index in [1.54, 1.807) is 0 Å². The fourth-order valence-corrected chi connectivity index (χ4v) is 5.22. The standard InChI is InChI=1S/C21H33N5OS.HI/c1-4-22-21(25-17-9-6-10-19(14-17)28(27)5-2)23-12-11-18-15-26-13-7-8-16(3)20(26)24-18;/h7-8,13,15,17,19H,4-6,9-12,14H2,1-3H3,(H2,22,23,25);1H. The van der Waals surface area contributed by atoms with Gasteiger partial charge < -0.3 is 15.0 Å². The van der Waals surface area contributed by atoms with E-state index in [1.807, 2.05) is 19.2 Å². The molecule has 1 saturated carbocycles. The molecule has 3 atom stereocenters. The minimum atomic E-state index is -0.704. The molecule has 0 bridgehead atoms. The predicted octanol–water partition coefficient (Wildman–Crippen LogP) is 3.44. The Bertz CT molecular complexity index is 838. The van der Waals surface area contributed by atoms with Gasteiger partial charge in [-0.2, -0.15) is 0 Å². The van der Waals surface area contributed by atoms with Crippen LogP contribution in [0.1, 0.15) is 50.8 Å². The Morgan fingerprint density at radius 1 is 1.38 bits per heavy atom. The molecular formula is C21H34IN5OS. The third kappa shape index (κ3) is 6.67. The van der Waals surface area contributed by atoms with E-state index < -0.39 is 10.8 Å². The smallest absolute Gasteiger partial charge is 0.191 e. The van der Waals surface area contributed by atoms with Crippen LogP contribution in [-0.4, -0.2) is 49.7 Å². The third-order valence-corrected chi connectivity index (χ3v) is 7.07. The van der Waals surface area contributed by atoms with Gasteiger partial charge in [-0.3, -0.25) is 9.20 Å². The molecule has 29 heavy (non-hydrogen) atoms. The van der Waals surface area contributed by atoms with Crippen LogP contribution >= 0.6 is 24.0 Å². The molecule has 6 nitrogen and oxygen atoms in total. The highest BCUT2D eigenvalue weighted by Gasteiger charge is 2.26. The Hall–Kier alpha value is -1.16. The maximum atomic E-state index is 12.2. The highest BCUT2D eigenvalue weighted by atomic mass is 127. The Labute approximate surface area is 193 Å². The average molecular weight is 532 g/mol. The lowest BCUT2D eigenvalue weighted by molar-refractivity contribution is 0.413. The lowest BCUT2D eigenvalue weighted by atomic mass is 9.95. The van der Waals surface area contributed by atoms with Gasteiger partial charge in [0.25, 0.3) is 0 Å². The summed E-state index contributed by atoms with van der Waals surface area (Å²) in [6, 6.07) is 4.48. The van der Waals surface area contributed by atoms with Crippen LogP contribution in [0.4, 0.5) is 0 Å². The molecular weight excluding hydrogens is 497 g/mol. The number of imidazole rings is 1. The number of guanidine groups is 1. The quantitative estimate of drug-likeness (QED) is 0.326. The second-order valence-electron chi connectivity index (χ2n) is 7.46. The van der Waals surface area contributed by atoms with Crippen molar-refractivity contribution < 1.29 is 4.21 Å². The molecule has 0 saturated heterocycles. The molecule has 3 unspecified atom stereocenters. The average Bonchev–Trinajstić information content (AvgIpc) is 3.12. The largest absolute Gasteiger partial charge is 0.357 e. The van der Waals surface area contributed by atoms with Crippen LogP contribution in [0.15, 0.2) is 29.5 Å². The van der Waals surface area contributed by atoms with Crippen molar-refractivity contribution in [1.29, 1.82) is 0 Å². The topological polar surface area (TPSA) is 70.8 Å². The highest BCUT2D eigenvalue weighted by Crippen LogP contribution is 2.23. The number of hydrogen-bond acceptors (Lipinski definition) is 3. The second kappa shape index (κ2) is 11.9. The fourth-order valence-electron chi connectivity index (χ4n) is 3.87. The van der Waals surface area contributed by atoms with Crippen molar-refractivity contribution in [1.82, 2.24) is 20.0 Å². The van der Waals surface area contributed by atoms with Crippen LogP contribution in [0.25, 0.3) is 5.65 Å². The number of nitrogens with zero attached hydrogens (tertiary/aromatic N) is 3.